The molecule has 18 heavy (non-hydrogen) atoms. The Labute approximate surface area is 106 Å². The fourth-order valence-corrected chi connectivity index (χ4v) is 1.42. The van der Waals surface area contributed by atoms with Crippen molar-refractivity contribution in [1.29, 1.82) is 0 Å². The van der Waals surface area contributed by atoms with Crippen LogP contribution < -0.4 is 5.32 Å². The molecule has 0 aliphatic carbocycles. The Kier molecular flexibility index (Phi) is 4.06. The van der Waals surface area contributed by atoms with E-state index in [9.17, 15) is 14.9 Å². The zero-order valence-corrected chi connectivity index (χ0v) is 11.1. The number of nitrogens with zero attached hydrogens (tertiary/aromatic N) is 1. The summed E-state index contributed by atoms with van der Waals surface area (Å²) in [5, 5.41) is 13.7. The highest BCUT2D eigenvalue weighted by atomic mass is 16.6. The Morgan fingerprint density at radius 2 is 2.06 bits per heavy atom. The number of carbonyl (C=O) groups is 1. The first-order chi connectivity index (χ1) is 8.26. The van der Waals surface area contributed by atoms with Crippen molar-refractivity contribution in [1.82, 2.24) is 5.32 Å². The number of carbonyl (C=O) groups excluding carboxylic acids is 1. The number of rotatable bonds is 4. The summed E-state index contributed by atoms with van der Waals surface area (Å²) in [6.45, 7) is 7.44. The van der Waals surface area contributed by atoms with Crippen LogP contribution in [0.5, 0.6) is 0 Å². The van der Waals surface area contributed by atoms with E-state index >= 15 is 0 Å². The molecule has 1 amide bonds. The molecule has 5 nitrogen and oxygen atoms in total. The number of nitro benzene ring substituents is 1. The smallest absolute Gasteiger partial charge is 0.273 e. The van der Waals surface area contributed by atoms with Crippen LogP contribution in [-0.4, -0.2) is 16.4 Å². The molecular weight excluding hydrogens is 232 g/mol. The molecule has 0 spiro atoms. The molecule has 0 radical (unpaired) electrons. The molecule has 0 saturated heterocycles. The van der Waals surface area contributed by atoms with Crippen LogP contribution in [0.15, 0.2) is 18.2 Å². The number of aryl methyl sites for hydroxylation is 1. The Morgan fingerprint density at radius 3 is 2.56 bits per heavy atom. The SMILES string of the molecule is CCC(C)(C)NC(=O)c1ccc(C)c([N+](=O)[O-])c1. The van der Waals surface area contributed by atoms with Crippen molar-refractivity contribution in [3.8, 4) is 0 Å². The highest BCUT2D eigenvalue weighted by molar-refractivity contribution is 5.95. The Bertz CT molecular complexity index is 481. The number of nitro groups is 1. The molecule has 0 saturated carbocycles. The van der Waals surface area contributed by atoms with Gasteiger partial charge in [-0.2, -0.15) is 0 Å². The number of amides is 1. The lowest BCUT2D eigenvalue weighted by molar-refractivity contribution is -0.385. The quantitative estimate of drug-likeness (QED) is 0.659. The van der Waals surface area contributed by atoms with E-state index in [4.69, 9.17) is 0 Å². The Balaban J connectivity index is 3.01. The summed E-state index contributed by atoms with van der Waals surface area (Å²) in [7, 11) is 0. The predicted molar refractivity (Wildman–Crippen MR) is 69.7 cm³/mol. The van der Waals surface area contributed by atoms with Gasteiger partial charge in [0.05, 0.1) is 4.92 Å². The average Bonchev–Trinajstić information content (AvgIpc) is 2.28. The molecule has 1 aromatic rings. The molecule has 0 atom stereocenters. The molecule has 0 aliphatic rings. The topological polar surface area (TPSA) is 72.2 Å². The first kappa shape index (κ1) is 14.2. The van der Waals surface area contributed by atoms with Gasteiger partial charge >= 0.3 is 0 Å². The van der Waals surface area contributed by atoms with Crippen molar-refractivity contribution in [3.05, 3.63) is 39.4 Å². The molecule has 0 fully saturated rings. The van der Waals surface area contributed by atoms with E-state index in [-0.39, 0.29) is 17.1 Å². The largest absolute Gasteiger partial charge is 0.347 e. The molecule has 0 unspecified atom stereocenters. The van der Waals surface area contributed by atoms with Crippen molar-refractivity contribution in [2.75, 3.05) is 0 Å². The van der Waals surface area contributed by atoms with Crippen molar-refractivity contribution in [2.24, 2.45) is 0 Å². The van der Waals surface area contributed by atoms with Crippen LogP contribution in [0.1, 0.15) is 43.1 Å². The highest BCUT2D eigenvalue weighted by Gasteiger charge is 2.21. The molecule has 98 valence electrons. The van der Waals surface area contributed by atoms with Gasteiger partial charge in [0.25, 0.3) is 11.6 Å². The second-order valence-electron chi connectivity index (χ2n) is 4.95. The third-order valence-electron chi connectivity index (χ3n) is 3.00. The Hall–Kier alpha value is -1.91. The highest BCUT2D eigenvalue weighted by Crippen LogP contribution is 2.20. The van der Waals surface area contributed by atoms with Gasteiger partial charge < -0.3 is 5.32 Å². The summed E-state index contributed by atoms with van der Waals surface area (Å²) >= 11 is 0. The van der Waals surface area contributed by atoms with E-state index in [0.29, 0.717) is 11.1 Å². The minimum atomic E-state index is -0.475. The van der Waals surface area contributed by atoms with Gasteiger partial charge in [0.2, 0.25) is 0 Å². The second kappa shape index (κ2) is 5.16. The van der Waals surface area contributed by atoms with Gasteiger partial charge in [0.15, 0.2) is 0 Å². The van der Waals surface area contributed by atoms with Gasteiger partial charge in [-0.1, -0.05) is 13.0 Å². The average molecular weight is 250 g/mol. The van der Waals surface area contributed by atoms with E-state index < -0.39 is 4.92 Å². The van der Waals surface area contributed by atoms with Crippen LogP contribution in [0.4, 0.5) is 5.69 Å². The minimum absolute atomic E-state index is 0.0306. The molecule has 0 heterocycles. The van der Waals surface area contributed by atoms with Crippen molar-refractivity contribution in [3.63, 3.8) is 0 Å². The lowest BCUT2D eigenvalue weighted by Crippen LogP contribution is -2.42. The molecule has 0 aromatic heterocycles. The van der Waals surface area contributed by atoms with Crippen LogP contribution >= 0.6 is 0 Å². The lowest BCUT2D eigenvalue weighted by Gasteiger charge is -2.24. The molecule has 1 aromatic carbocycles. The van der Waals surface area contributed by atoms with Crippen molar-refractivity contribution < 1.29 is 9.72 Å². The zero-order valence-electron chi connectivity index (χ0n) is 11.1. The monoisotopic (exact) mass is 250 g/mol. The maximum Gasteiger partial charge on any atom is 0.273 e. The summed E-state index contributed by atoms with van der Waals surface area (Å²) < 4.78 is 0. The predicted octanol–water partition coefficient (Wildman–Crippen LogP) is 2.82. The van der Waals surface area contributed by atoms with Crippen LogP contribution in [0.25, 0.3) is 0 Å². The third kappa shape index (κ3) is 3.29. The number of hydrogen-bond acceptors (Lipinski definition) is 3. The first-order valence-corrected chi connectivity index (χ1v) is 5.84. The number of hydrogen-bond donors (Lipinski definition) is 1. The van der Waals surface area contributed by atoms with E-state index in [1.54, 1.807) is 19.1 Å². The first-order valence-electron chi connectivity index (χ1n) is 5.84. The van der Waals surface area contributed by atoms with E-state index in [1.807, 2.05) is 20.8 Å². The Morgan fingerprint density at radius 1 is 1.44 bits per heavy atom. The van der Waals surface area contributed by atoms with Crippen molar-refractivity contribution >= 4 is 11.6 Å². The van der Waals surface area contributed by atoms with Gasteiger partial charge in [0.1, 0.15) is 0 Å². The van der Waals surface area contributed by atoms with Gasteiger partial charge in [0, 0.05) is 22.7 Å². The van der Waals surface area contributed by atoms with Gasteiger partial charge in [-0.3, -0.25) is 14.9 Å². The summed E-state index contributed by atoms with van der Waals surface area (Å²) in [5.74, 6) is -0.287. The summed E-state index contributed by atoms with van der Waals surface area (Å²) in [5.41, 5.74) is 0.508. The second-order valence-corrected chi connectivity index (χ2v) is 4.95. The molecule has 0 aliphatic heterocycles. The van der Waals surface area contributed by atoms with E-state index in [0.717, 1.165) is 6.42 Å². The van der Waals surface area contributed by atoms with Crippen molar-refractivity contribution in [2.45, 2.75) is 39.7 Å². The van der Waals surface area contributed by atoms with Crippen LogP contribution in [-0.2, 0) is 0 Å². The summed E-state index contributed by atoms with van der Waals surface area (Å²) in [4.78, 5) is 22.3. The van der Waals surface area contributed by atoms with Crippen LogP contribution in [0.3, 0.4) is 0 Å². The summed E-state index contributed by atoms with van der Waals surface area (Å²) in [6, 6.07) is 4.51. The fourth-order valence-electron chi connectivity index (χ4n) is 1.42. The molecule has 0 bridgehead atoms. The fraction of sp³-hybridized carbons (Fsp3) is 0.462. The molecule has 5 heteroatoms. The van der Waals surface area contributed by atoms with Gasteiger partial charge in [-0.15, -0.1) is 0 Å². The standard InChI is InChI=1S/C13H18N2O3/c1-5-13(3,4)14-12(16)10-7-6-9(2)11(8-10)15(17)18/h6-8H,5H2,1-4H3,(H,14,16). The van der Waals surface area contributed by atoms with E-state index in [2.05, 4.69) is 5.32 Å². The normalized spacial score (nSPS) is 11.1. The van der Waals surface area contributed by atoms with Crippen LogP contribution in [0, 0.1) is 17.0 Å². The molecule has 1 rings (SSSR count). The summed E-state index contributed by atoms with van der Waals surface area (Å²) in [6.07, 6.45) is 0.784. The number of nitrogens with one attached hydrogen (secondary N) is 1. The number of benzene rings is 1. The van der Waals surface area contributed by atoms with E-state index in [1.165, 1.54) is 6.07 Å². The van der Waals surface area contributed by atoms with Gasteiger partial charge in [-0.05, 0) is 33.3 Å². The molecular formula is C13H18N2O3. The molecule has 1 N–H and O–H groups in total. The lowest BCUT2D eigenvalue weighted by atomic mass is 10.0. The van der Waals surface area contributed by atoms with Gasteiger partial charge in [-0.25, -0.2) is 0 Å². The maximum atomic E-state index is 12.0. The minimum Gasteiger partial charge on any atom is -0.347 e. The maximum absolute atomic E-state index is 12.0. The third-order valence-corrected chi connectivity index (χ3v) is 3.00. The zero-order chi connectivity index (χ0) is 13.9. The van der Waals surface area contributed by atoms with Crippen LogP contribution in [0.2, 0.25) is 0 Å².